The largest absolute Gasteiger partial charge is 0.490 e. The molecule has 1 aliphatic heterocycles. The molecule has 1 N–H and O–H groups in total. The fourth-order valence-electron chi connectivity index (χ4n) is 2.79. The minimum atomic E-state index is 0.0943. The Hall–Kier alpha value is -1.80. The molecule has 0 saturated heterocycles. The second-order valence-corrected chi connectivity index (χ2v) is 5.41. The highest BCUT2D eigenvalue weighted by Crippen LogP contribution is 2.34. The summed E-state index contributed by atoms with van der Waals surface area (Å²) in [6.45, 7) is 2.29. The first-order valence-electron chi connectivity index (χ1n) is 7.30. The molecule has 3 rings (SSSR count). The van der Waals surface area contributed by atoms with Gasteiger partial charge in [0, 0.05) is 6.42 Å². The van der Waals surface area contributed by atoms with Crippen LogP contribution in [0.2, 0.25) is 0 Å². The molecule has 0 radical (unpaired) electrons. The Morgan fingerprint density at radius 2 is 1.85 bits per heavy atom. The van der Waals surface area contributed by atoms with Gasteiger partial charge in [-0.3, -0.25) is 0 Å². The van der Waals surface area contributed by atoms with Crippen molar-refractivity contribution in [3.05, 3.63) is 53.6 Å². The molecule has 2 nitrogen and oxygen atoms in total. The lowest BCUT2D eigenvalue weighted by atomic mass is 9.99. The number of aliphatic hydroxyl groups excluding tert-OH is 1. The molecule has 104 valence electrons. The predicted octanol–water partition coefficient (Wildman–Crippen LogP) is 3.95. The zero-order valence-electron chi connectivity index (χ0n) is 11.8. The van der Waals surface area contributed by atoms with Gasteiger partial charge in [-0.15, -0.1) is 0 Å². The van der Waals surface area contributed by atoms with Gasteiger partial charge in [0.15, 0.2) is 0 Å². The van der Waals surface area contributed by atoms with Crippen LogP contribution in [-0.2, 0) is 13.0 Å². The van der Waals surface area contributed by atoms with Gasteiger partial charge in [-0.25, -0.2) is 0 Å². The molecule has 0 spiro atoms. The van der Waals surface area contributed by atoms with Crippen LogP contribution in [-0.4, -0.2) is 11.2 Å². The Morgan fingerprint density at radius 1 is 1.10 bits per heavy atom. The molecular formula is C18H20O2. The lowest BCUT2D eigenvalue weighted by molar-refractivity contribution is 0.220. The van der Waals surface area contributed by atoms with E-state index in [1.807, 2.05) is 12.1 Å². The molecule has 20 heavy (non-hydrogen) atoms. The van der Waals surface area contributed by atoms with Crippen LogP contribution in [0.25, 0.3) is 11.1 Å². The Bertz CT molecular complexity index is 587. The third-order valence-electron chi connectivity index (χ3n) is 3.88. The summed E-state index contributed by atoms with van der Waals surface area (Å²) >= 11 is 0. The summed E-state index contributed by atoms with van der Waals surface area (Å²) in [4.78, 5) is 0. The van der Waals surface area contributed by atoms with E-state index >= 15 is 0 Å². The van der Waals surface area contributed by atoms with Crippen molar-refractivity contribution in [2.45, 2.75) is 38.9 Å². The molecule has 0 aromatic heterocycles. The topological polar surface area (TPSA) is 29.5 Å². The molecule has 2 aromatic carbocycles. The molecule has 0 aliphatic carbocycles. The zero-order chi connectivity index (χ0) is 13.9. The van der Waals surface area contributed by atoms with Crippen molar-refractivity contribution < 1.29 is 9.84 Å². The summed E-state index contributed by atoms with van der Waals surface area (Å²) in [5.74, 6) is 1.04. The van der Waals surface area contributed by atoms with E-state index in [-0.39, 0.29) is 6.61 Å². The predicted molar refractivity (Wildman–Crippen MR) is 80.8 cm³/mol. The van der Waals surface area contributed by atoms with Gasteiger partial charge in [0.1, 0.15) is 11.9 Å². The number of hydrogen-bond donors (Lipinski definition) is 1. The molecule has 0 saturated carbocycles. The first-order valence-corrected chi connectivity index (χ1v) is 7.30. The molecule has 0 bridgehead atoms. The van der Waals surface area contributed by atoms with Crippen molar-refractivity contribution in [2.75, 3.05) is 0 Å². The average Bonchev–Trinajstić information content (AvgIpc) is 2.89. The number of rotatable bonds is 4. The molecular weight excluding hydrogens is 248 g/mol. The van der Waals surface area contributed by atoms with Crippen LogP contribution < -0.4 is 4.74 Å². The SMILES string of the molecule is CCCC1Cc2cc(-c3ccc(CO)cc3)ccc2O1. The van der Waals surface area contributed by atoms with Gasteiger partial charge < -0.3 is 9.84 Å². The first-order chi connectivity index (χ1) is 9.80. The highest BCUT2D eigenvalue weighted by Gasteiger charge is 2.22. The van der Waals surface area contributed by atoms with Crippen LogP contribution in [0, 0.1) is 0 Å². The lowest BCUT2D eigenvalue weighted by Crippen LogP contribution is -2.11. The number of aliphatic hydroxyl groups is 1. The van der Waals surface area contributed by atoms with Gasteiger partial charge in [-0.2, -0.15) is 0 Å². The van der Waals surface area contributed by atoms with Crippen LogP contribution in [0.15, 0.2) is 42.5 Å². The Labute approximate surface area is 120 Å². The summed E-state index contributed by atoms with van der Waals surface area (Å²) in [5.41, 5.74) is 4.66. The van der Waals surface area contributed by atoms with Crippen LogP contribution in [0.3, 0.4) is 0 Å². The second kappa shape index (κ2) is 5.68. The third kappa shape index (κ3) is 2.56. The zero-order valence-corrected chi connectivity index (χ0v) is 11.8. The van der Waals surface area contributed by atoms with Crippen molar-refractivity contribution >= 4 is 0 Å². The van der Waals surface area contributed by atoms with Crippen LogP contribution in [0.5, 0.6) is 5.75 Å². The van der Waals surface area contributed by atoms with Gasteiger partial charge in [0.2, 0.25) is 0 Å². The number of fused-ring (bicyclic) bond motifs is 1. The van der Waals surface area contributed by atoms with Gasteiger partial charge in [0.05, 0.1) is 6.61 Å². The van der Waals surface area contributed by atoms with E-state index in [1.165, 1.54) is 16.7 Å². The molecule has 2 heteroatoms. The smallest absolute Gasteiger partial charge is 0.123 e. The van der Waals surface area contributed by atoms with Crippen molar-refractivity contribution in [1.29, 1.82) is 0 Å². The average molecular weight is 268 g/mol. The monoisotopic (exact) mass is 268 g/mol. The summed E-state index contributed by atoms with van der Waals surface area (Å²) < 4.78 is 5.94. The molecule has 2 aromatic rings. The van der Waals surface area contributed by atoms with Gasteiger partial charge in [-0.1, -0.05) is 43.7 Å². The van der Waals surface area contributed by atoms with Crippen molar-refractivity contribution in [3.8, 4) is 16.9 Å². The molecule has 1 unspecified atom stereocenters. The van der Waals surface area contributed by atoms with Gasteiger partial charge in [-0.05, 0) is 40.8 Å². The quantitative estimate of drug-likeness (QED) is 0.909. The molecule has 0 amide bonds. The van der Waals surface area contributed by atoms with Gasteiger partial charge >= 0.3 is 0 Å². The Balaban J connectivity index is 1.84. The summed E-state index contributed by atoms with van der Waals surface area (Å²) in [7, 11) is 0. The minimum absolute atomic E-state index is 0.0943. The molecule has 1 aliphatic rings. The first kappa shape index (κ1) is 13.2. The highest BCUT2D eigenvalue weighted by molar-refractivity contribution is 5.66. The van der Waals surface area contributed by atoms with E-state index in [2.05, 4.69) is 37.3 Å². The fourth-order valence-corrected chi connectivity index (χ4v) is 2.79. The Kier molecular flexibility index (Phi) is 3.75. The van der Waals surface area contributed by atoms with Crippen molar-refractivity contribution in [3.63, 3.8) is 0 Å². The van der Waals surface area contributed by atoms with E-state index in [9.17, 15) is 0 Å². The van der Waals surface area contributed by atoms with Crippen LogP contribution >= 0.6 is 0 Å². The normalized spacial score (nSPS) is 16.8. The molecule has 1 heterocycles. The van der Waals surface area contributed by atoms with E-state index < -0.39 is 0 Å². The van der Waals surface area contributed by atoms with E-state index in [0.717, 1.165) is 30.6 Å². The maximum absolute atomic E-state index is 9.09. The number of hydrogen-bond acceptors (Lipinski definition) is 2. The highest BCUT2D eigenvalue weighted by atomic mass is 16.5. The van der Waals surface area contributed by atoms with E-state index in [0.29, 0.717) is 6.10 Å². The minimum Gasteiger partial charge on any atom is -0.490 e. The van der Waals surface area contributed by atoms with Crippen molar-refractivity contribution in [2.24, 2.45) is 0 Å². The Morgan fingerprint density at radius 3 is 2.55 bits per heavy atom. The summed E-state index contributed by atoms with van der Waals surface area (Å²) in [6, 6.07) is 14.5. The van der Waals surface area contributed by atoms with Crippen LogP contribution in [0.1, 0.15) is 30.9 Å². The van der Waals surface area contributed by atoms with Crippen LogP contribution in [0.4, 0.5) is 0 Å². The standard InChI is InChI=1S/C18H20O2/c1-2-3-17-11-16-10-15(8-9-18(16)20-17)14-6-4-13(12-19)5-7-14/h4-10,17,19H,2-3,11-12H2,1H3. The van der Waals surface area contributed by atoms with Crippen molar-refractivity contribution in [1.82, 2.24) is 0 Å². The maximum atomic E-state index is 9.09. The maximum Gasteiger partial charge on any atom is 0.123 e. The molecule has 0 fully saturated rings. The number of benzene rings is 2. The summed E-state index contributed by atoms with van der Waals surface area (Å²) in [6.07, 6.45) is 3.65. The lowest BCUT2D eigenvalue weighted by Gasteiger charge is -2.08. The van der Waals surface area contributed by atoms with E-state index in [1.54, 1.807) is 0 Å². The summed E-state index contributed by atoms with van der Waals surface area (Å²) in [5, 5.41) is 9.09. The van der Waals surface area contributed by atoms with E-state index in [4.69, 9.17) is 9.84 Å². The number of ether oxygens (including phenoxy) is 1. The second-order valence-electron chi connectivity index (χ2n) is 5.41. The van der Waals surface area contributed by atoms with Gasteiger partial charge in [0.25, 0.3) is 0 Å². The third-order valence-corrected chi connectivity index (χ3v) is 3.88. The fraction of sp³-hybridized carbons (Fsp3) is 0.333. The molecule has 1 atom stereocenters.